The van der Waals surface area contributed by atoms with Gasteiger partial charge < -0.3 is 18.9 Å². The van der Waals surface area contributed by atoms with E-state index in [1.807, 2.05) is 57.2 Å². The van der Waals surface area contributed by atoms with Gasteiger partial charge in [0.15, 0.2) is 0 Å². The van der Waals surface area contributed by atoms with Crippen molar-refractivity contribution in [3.05, 3.63) is 76.7 Å². The Morgan fingerprint density at radius 3 is 2.59 bits per heavy atom. The van der Waals surface area contributed by atoms with Gasteiger partial charge in [0.25, 0.3) is 5.91 Å². The second-order valence-corrected chi connectivity index (χ2v) is 6.96. The van der Waals surface area contributed by atoms with Gasteiger partial charge in [-0.15, -0.1) is 0 Å². The van der Waals surface area contributed by atoms with Gasteiger partial charge in [0.2, 0.25) is 0 Å². The monoisotopic (exact) mass is 394 g/mol. The number of nitrogens with zero attached hydrogens (tertiary/aromatic N) is 2. The lowest BCUT2D eigenvalue weighted by atomic mass is 10.2. The molecule has 0 saturated carbocycles. The summed E-state index contributed by atoms with van der Waals surface area (Å²) in [4.78, 5) is 14.4. The first kappa shape index (κ1) is 20.5. The molecule has 6 nitrogen and oxygen atoms in total. The van der Waals surface area contributed by atoms with E-state index in [1.165, 1.54) is 0 Å². The number of aromatic nitrogens is 1. The molecule has 0 aliphatic rings. The summed E-state index contributed by atoms with van der Waals surface area (Å²) in [5.41, 5.74) is 3.37. The molecule has 0 atom stereocenters. The van der Waals surface area contributed by atoms with Crippen molar-refractivity contribution in [2.24, 2.45) is 0 Å². The number of ether oxygens (including phenoxy) is 2. The van der Waals surface area contributed by atoms with E-state index in [0.29, 0.717) is 31.1 Å². The Kier molecular flexibility index (Phi) is 6.54. The number of aryl methyl sites for hydroxylation is 3. The largest absolute Gasteiger partial charge is 0.491 e. The third-order valence-electron chi connectivity index (χ3n) is 4.77. The molecular formula is C23H26N2O4. The van der Waals surface area contributed by atoms with Crippen LogP contribution < -0.4 is 9.47 Å². The van der Waals surface area contributed by atoms with E-state index in [2.05, 4.69) is 5.16 Å². The van der Waals surface area contributed by atoms with Gasteiger partial charge in [0.1, 0.15) is 30.5 Å². The summed E-state index contributed by atoms with van der Waals surface area (Å²) in [7, 11) is 1.76. The highest BCUT2D eigenvalue weighted by molar-refractivity contribution is 5.94. The van der Waals surface area contributed by atoms with Crippen LogP contribution in [-0.2, 0) is 6.61 Å². The summed E-state index contributed by atoms with van der Waals surface area (Å²) in [5, 5.41) is 3.93. The van der Waals surface area contributed by atoms with Crippen molar-refractivity contribution >= 4 is 5.91 Å². The highest BCUT2D eigenvalue weighted by atomic mass is 16.5. The number of amides is 1. The van der Waals surface area contributed by atoms with E-state index in [9.17, 15) is 4.79 Å². The SMILES string of the molecule is Cc1ccccc1OCCN(C)C(=O)c1cccc(OCc2c(C)noc2C)c1. The van der Waals surface area contributed by atoms with Crippen LogP contribution in [0.25, 0.3) is 0 Å². The molecule has 2 aromatic carbocycles. The molecule has 3 rings (SSSR count). The number of likely N-dealkylation sites (N-methyl/N-ethyl adjacent to an activating group) is 1. The smallest absolute Gasteiger partial charge is 0.253 e. The maximum Gasteiger partial charge on any atom is 0.253 e. The molecule has 0 fully saturated rings. The first-order chi connectivity index (χ1) is 14.0. The molecular weight excluding hydrogens is 368 g/mol. The molecule has 0 unspecified atom stereocenters. The predicted molar refractivity (Wildman–Crippen MR) is 110 cm³/mol. The minimum atomic E-state index is -0.0822. The summed E-state index contributed by atoms with van der Waals surface area (Å²) in [6.07, 6.45) is 0. The first-order valence-corrected chi connectivity index (χ1v) is 9.54. The van der Waals surface area contributed by atoms with Crippen LogP contribution in [0.15, 0.2) is 53.1 Å². The molecule has 0 radical (unpaired) electrons. The van der Waals surface area contributed by atoms with Crippen LogP contribution in [0.2, 0.25) is 0 Å². The Labute approximate surface area is 171 Å². The van der Waals surface area contributed by atoms with E-state index < -0.39 is 0 Å². The zero-order valence-corrected chi connectivity index (χ0v) is 17.3. The van der Waals surface area contributed by atoms with Gasteiger partial charge in [-0.05, 0) is 50.6 Å². The van der Waals surface area contributed by atoms with Gasteiger partial charge in [-0.25, -0.2) is 0 Å². The zero-order valence-electron chi connectivity index (χ0n) is 17.3. The minimum absolute atomic E-state index is 0.0822. The summed E-state index contributed by atoms with van der Waals surface area (Å²) >= 11 is 0. The van der Waals surface area contributed by atoms with E-state index in [0.717, 1.165) is 28.3 Å². The standard InChI is InChI=1S/C23H26N2O4/c1-16-8-5-6-11-22(16)27-13-12-25(4)23(26)19-9-7-10-20(14-19)28-15-21-17(2)24-29-18(21)3/h5-11,14H,12-13,15H2,1-4H3. The normalized spacial score (nSPS) is 10.6. The molecule has 1 aromatic heterocycles. The summed E-state index contributed by atoms with van der Waals surface area (Å²) in [6.45, 7) is 6.99. The van der Waals surface area contributed by atoms with E-state index in [1.54, 1.807) is 24.1 Å². The number of carbonyl (C=O) groups is 1. The number of carbonyl (C=O) groups excluding carboxylic acids is 1. The number of hydrogen-bond donors (Lipinski definition) is 0. The number of hydrogen-bond acceptors (Lipinski definition) is 5. The van der Waals surface area contributed by atoms with Gasteiger partial charge in [0.05, 0.1) is 17.8 Å². The van der Waals surface area contributed by atoms with Gasteiger partial charge in [-0.3, -0.25) is 4.79 Å². The Hall–Kier alpha value is -3.28. The third kappa shape index (κ3) is 5.16. The van der Waals surface area contributed by atoms with Gasteiger partial charge in [0, 0.05) is 12.6 Å². The summed E-state index contributed by atoms with van der Waals surface area (Å²) < 4.78 is 16.8. The average molecular weight is 394 g/mol. The second-order valence-electron chi connectivity index (χ2n) is 6.96. The molecule has 0 saturated heterocycles. The molecule has 1 amide bonds. The first-order valence-electron chi connectivity index (χ1n) is 9.54. The quantitative estimate of drug-likeness (QED) is 0.569. The summed E-state index contributed by atoms with van der Waals surface area (Å²) in [6, 6.07) is 15.0. The fraction of sp³-hybridized carbons (Fsp3) is 0.304. The fourth-order valence-corrected chi connectivity index (χ4v) is 2.92. The molecule has 1 heterocycles. The highest BCUT2D eigenvalue weighted by Crippen LogP contribution is 2.19. The van der Waals surface area contributed by atoms with Crippen LogP contribution in [0.4, 0.5) is 0 Å². The van der Waals surface area contributed by atoms with Crippen molar-refractivity contribution in [1.29, 1.82) is 0 Å². The van der Waals surface area contributed by atoms with Crippen LogP contribution in [0.5, 0.6) is 11.5 Å². The second kappa shape index (κ2) is 9.28. The Morgan fingerprint density at radius 2 is 1.86 bits per heavy atom. The molecule has 0 spiro atoms. The number of para-hydroxylation sites is 1. The minimum Gasteiger partial charge on any atom is -0.491 e. The third-order valence-corrected chi connectivity index (χ3v) is 4.77. The fourth-order valence-electron chi connectivity index (χ4n) is 2.92. The van der Waals surface area contributed by atoms with Gasteiger partial charge in [-0.2, -0.15) is 0 Å². The van der Waals surface area contributed by atoms with E-state index in [-0.39, 0.29) is 5.91 Å². The Balaban J connectivity index is 1.56. The van der Waals surface area contributed by atoms with E-state index in [4.69, 9.17) is 14.0 Å². The lowest BCUT2D eigenvalue weighted by Crippen LogP contribution is -2.30. The van der Waals surface area contributed by atoms with Crippen molar-refractivity contribution in [2.75, 3.05) is 20.2 Å². The van der Waals surface area contributed by atoms with Gasteiger partial charge >= 0.3 is 0 Å². The molecule has 3 aromatic rings. The van der Waals surface area contributed by atoms with E-state index >= 15 is 0 Å². The molecule has 0 aliphatic heterocycles. The highest BCUT2D eigenvalue weighted by Gasteiger charge is 2.14. The summed E-state index contributed by atoms with van der Waals surface area (Å²) in [5.74, 6) is 2.12. The van der Waals surface area contributed by atoms with Crippen LogP contribution in [0.3, 0.4) is 0 Å². The van der Waals surface area contributed by atoms with Crippen molar-refractivity contribution in [2.45, 2.75) is 27.4 Å². The van der Waals surface area contributed by atoms with Crippen LogP contribution in [0.1, 0.15) is 32.9 Å². The molecule has 0 N–H and O–H groups in total. The van der Waals surface area contributed by atoms with Crippen molar-refractivity contribution in [3.63, 3.8) is 0 Å². The lowest BCUT2D eigenvalue weighted by Gasteiger charge is -2.18. The lowest BCUT2D eigenvalue weighted by molar-refractivity contribution is 0.0773. The number of benzene rings is 2. The van der Waals surface area contributed by atoms with Crippen LogP contribution in [0, 0.1) is 20.8 Å². The zero-order chi connectivity index (χ0) is 20.8. The van der Waals surface area contributed by atoms with Crippen LogP contribution in [-0.4, -0.2) is 36.2 Å². The molecule has 0 bridgehead atoms. The molecule has 152 valence electrons. The molecule has 0 aliphatic carbocycles. The van der Waals surface area contributed by atoms with Crippen molar-refractivity contribution < 1.29 is 18.8 Å². The Bertz CT molecular complexity index is 961. The van der Waals surface area contributed by atoms with Gasteiger partial charge in [-0.1, -0.05) is 29.4 Å². The maximum absolute atomic E-state index is 12.7. The topological polar surface area (TPSA) is 64.8 Å². The average Bonchev–Trinajstić information content (AvgIpc) is 3.05. The predicted octanol–water partition coefficient (Wildman–Crippen LogP) is 4.33. The maximum atomic E-state index is 12.7. The van der Waals surface area contributed by atoms with Crippen molar-refractivity contribution in [1.82, 2.24) is 10.1 Å². The Morgan fingerprint density at radius 1 is 1.07 bits per heavy atom. The molecule has 6 heteroatoms. The number of rotatable bonds is 8. The van der Waals surface area contributed by atoms with Crippen LogP contribution >= 0.6 is 0 Å². The molecule has 29 heavy (non-hydrogen) atoms. The van der Waals surface area contributed by atoms with Crippen molar-refractivity contribution in [3.8, 4) is 11.5 Å².